The van der Waals surface area contributed by atoms with Crippen LogP contribution in [-0.4, -0.2) is 27.2 Å². The average molecular weight is 479 g/mol. The molecule has 1 amide bonds. The summed E-state index contributed by atoms with van der Waals surface area (Å²) in [6, 6.07) is 25.7. The van der Waals surface area contributed by atoms with Gasteiger partial charge in [-0.05, 0) is 41.8 Å². The van der Waals surface area contributed by atoms with Crippen molar-refractivity contribution in [3.63, 3.8) is 0 Å². The van der Waals surface area contributed by atoms with Gasteiger partial charge in [0.15, 0.2) is 6.61 Å². The van der Waals surface area contributed by atoms with Gasteiger partial charge in [-0.1, -0.05) is 54.6 Å². The topological polar surface area (TPSA) is 75.7 Å². The molecular formula is C26H23FN2O4S. The summed E-state index contributed by atoms with van der Waals surface area (Å²) in [6.07, 6.45) is 1.07. The van der Waals surface area contributed by atoms with Crippen molar-refractivity contribution in [2.45, 2.75) is 6.54 Å². The van der Waals surface area contributed by atoms with Gasteiger partial charge in [-0.25, -0.2) is 12.8 Å². The molecule has 1 N–H and O–H groups in total. The van der Waals surface area contributed by atoms with Gasteiger partial charge in [0.25, 0.3) is 5.91 Å². The Morgan fingerprint density at radius 2 is 1.59 bits per heavy atom. The second-order valence-electron chi connectivity index (χ2n) is 7.72. The van der Waals surface area contributed by atoms with Gasteiger partial charge >= 0.3 is 0 Å². The zero-order valence-corrected chi connectivity index (χ0v) is 19.3. The molecule has 0 bridgehead atoms. The number of sulfonamides is 1. The van der Waals surface area contributed by atoms with E-state index in [9.17, 15) is 17.6 Å². The van der Waals surface area contributed by atoms with Gasteiger partial charge < -0.3 is 10.1 Å². The molecule has 34 heavy (non-hydrogen) atoms. The molecule has 0 aliphatic carbocycles. The molecule has 174 valence electrons. The fraction of sp³-hybridized carbons (Fsp3) is 0.115. The van der Waals surface area contributed by atoms with Crippen LogP contribution in [0.15, 0.2) is 91.0 Å². The van der Waals surface area contributed by atoms with E-state index < -0.39 is 15.8 Å². The zero-order chi connectivity index (χ0) is 24.1. The van der Waals surface area contributed by atoms with Crippen LogP contribution in [0.5, 0.6) is 5.75 Å². The summed E-state index contributed by atoms with van der Waals surface area (Å²) in [4.78, 5) is 12.4. The fourth-order valence-electron chi connectivity index (χ4n) is 3.56. The number of hydrogen-bond acceptors (Lipinski definition) is 4. The van der Waals surface area contributed by atoms with Crippen LogP contribution in [0.2, 0.25) is 0 Å². The molecule has 0 radical (unpaired) electrons. The van der Waals surface area contributed by atoms with Crippen molar-refractivity contribution in [2.24, 2.45) is 0 Å². The van der Waals surface area contributed by atoms with Crippen molar-refractivity contribution in [2.75, 3.05) is 22.5 Å². The van der Waals surface area contributed by atoms with Gasteiger partial charge in [0.1, 0.15) is 11.6 Å². The van der Waals surface area contributed by atoms with Crippen molar-refractivity contribution >= 4 is 38.1 Å². The van der Waals surface area contributed by atoms with Crippen molar-refractivity contribution in [3.05, 3.63) is 102 Å². The van der Waals surface area contributed by atoms with Crippen molar-refractivity contribution in [1.29, 1.82) is 0 Å². The predicted octanol–water partition coefficient (Wildman–Crippen LogP) is 4.96. The average Bonchev–Trinajstić information content (AvgIpc) is 2.82. The number of carbonyl (C=O) groups is 1. The van der Waals surface area contributed by atoms with Crippen LogP contribution < -0.4 is 14.4 Å². The molecule has 0 aliphatic heterocycles. The van der Waals surface area contributed by atoms with E-state index in [4.69, 9.17) is 4.74 Å². The number of nitrogens with one attached hydrogen (secondary N) is 1. The first kappa shape index (κ1) is 23.3. The van der Waals surface area contributed by atoms with E-state index in [1.165, 1.54) is 6.07 Å². The number of amides is 1. The van der Waals surface area contributed by atoms with Crippen LogP contribution in [0, 0.1) is 5.82 Å². The highest BCUT2D eigenvalue weighted by molar-refractivity contribution is 7.92. The van der Waals surface area contributed by atoms with E-state index in [0.29, 0.717) is 17.1 Å². The Kier molecular flexibility index (Phi) is 6.79. The Morgan fingerprint density at radius 3 is 2.32 bits per heavy atom. The van der Waals surface area contributed by atoms with E-state index in [1.807, 2.05) is 42.5 Å². The molecule has 0 spiro atoms. The number of hydrogen-bond donors (Lipinski definition) is 1. The Hall–Kier alpha value is -3.91. The van der Waals surface area contributed by atoms with Crippen LogP contribution >= 0.6 is 0 Å². The highest BCUT2D eigenvalue weighted by Crippen LogP contribution is 2.25. The highest BCUT2D eigenvalue weighted by atomic mass is 32.2. The number of rotatable bonds is 8. The quantitative estimate of drug-likeness (QED) is 0.388. The lowest BCUT2D eigenvalue weighted by Crippen LogP contribution is -2.29. The number of benzene rings is 4. The van der Waals surface area contributed by atoms with Gasteiger partial charge in [0.05, 0.1) is 18.5 Å². The third kappa shape index (κ3) is 5.52. The van der Waals surface area contributed by atoms with Crippen LogP contribution in [0.4, 0.5) is 15.8 Å². The van der Waals surface area contributed by atoms with E-state index >= 15 is 0 Å². The van der Waals surface area contributed by atoms with Gasteiger partial charge in [0, 0.05) is 16.6 Å². The van der Waals surface area contributed by atoms with Gasteiger partial charge in [-0.3, -0.25) is 9.10 Å². The lowest BCUT2D eigenvalue weighted by Gasteiger charge is -2.23. The SMILES string of the molecule is CS(=O)(=O)N(Cc1ccccc1F)c1ccc(OCC(=O)Nc2cccc3ccccc23)cc1. The summed E-state index contributed by atoms with van der Waals surface area (Å²) in [5, 5.41) is 4.80. The van der Waals surface area contributed by atoms with Crippen LogP contribution in [0.25, 0.3) is 10.8 Å². The molecule has 6 nitrogen and oxygen atoms in total. The van der Waals surface area contributed by atoms with Gasteiger partial charge in [-0.2, -0.15) is 0 Å². The first-order chi connectivity index (χ1) is 16.3. The number of ether oxygens (including phenoxy) is 1. The molecule has 0 atom stereocenters. The largest absolute Gasteiger partial charge is 0.484 e. The summed E-state index contributed by atoms with van der Waals surface area (Å²) < 4.78 is 45.4. The van der Waals surface area contributed by atoms with Gasteiger partial charge in [-0.15, -0.1) is 0 Å². The number of nitrogens with zero attached hydrogens (tertiary/aromatic N) is 1. The lowest BCUT2D eigenvalue weighted by molar-refractivity contribution is -0.118. The standard InChI is InChI=1S/C26H23FN2O4S/c1-34(31,32)29(17-20-8-3-5-11-24(20)27)21-13-15-22(16-14-21)33-18-26(30)28-25-12-6-9-19-7-2-4-10-23(19)25/h2-16H,17-18H2,1H3,(H,28,30). The van der Waals surface area contributed by atoms with E-state index in [1.54, 1.807) is 42.5 Å². The molecule has 4 aromatic carbocycles. The second kappa shape index (κ2) is 9.93. The molecule has 0 saturated carbocycles. The van der Waals surface area contributed by atoms with Crippen LogP contribution in [0.1, 0.15) is 5.56 Å². The minimum Gasteiger partial charge on any atom is -0.484 e. The first-order valence-electron chi connectivity index (χ1n) is 10.5. The summed E-state index contributed by atoms with van der Waals surface area (Å²) in [6.45, 7) is -0.354. The molecule has 4 aromatic rings. The van der Waals surface area contributed by atoms with E-state index in [-0.39, 0.29) is 24.6 Å². The monoisotopic (exact) mass is 478 g/mol. The van der Waals surface area contributed by atoms with Crippen molar-refractivity contribution in [1.82, 2.24) is 0 Å². The van der Waals surface area contributed by atoms with Crippen LogP contribution in [-0.2, 0) is 21.4 Å². The van der Waals surface area contributed by atoms with Crippen LogP contribution in [0.3, 0.4) is 0 Å². The summed E-state index contributed by atoms with van der Waals surface area (Å²) >= 11 is 0. The summed E-state index contributed by atoms with van der Waals surface area (Å²) in [7, 11) is -3.66. The number of carbonyl (C=O) groups excluding carboxylic acids is 1. The molecule has 0 unspecified atom stereocenters. The fourth-order valence-corrected chi connectivity index (χ4v) is 4.44. The van der Waals surface area contributed by atoms with Crippen molar-refractivity contribution in [3.8, 4) is 5.75 Å². The molecule has 0 fully saturated rings. The van der Waals surface area contributed by atoms with E-state index in [0.717, 1.165) is 21.3 Å². The van der Waals surface area contributed by atoms with Gasteiger partial charge in [0.2, 0.25) is 10.0 Å². The maximum absolute atomic E-state index is 14.1. The third-order valence-electron chi connectivity index (χ3n) is 5.23. The minimum absolute atomic E-state index is 0.140. The third-order valence-corrected chi connectivity index (χ3v) is 6.37. The smallest absolute Gasteiger partial charge is 0.262 e. The maximum Gasteiger partial charge on any atom is 0.262 e. The normalized spacial score (nSPS) is 11.2. The first-order valence-corrected chi connectivity index (χ1v) is 12.4. The Labute approximate surface area is 197 Å². The molecular weight excluding hydrogens is 455 g/mol. The molecule has 0 heterocycles. The Bertz CT molecular complexity index is 1420. The number of fused-ring (bicyclic) bond motifs is 1. The Morgan fingerprint density at radius 1 is 0.912 bits per heavy atom. The predicted molar refractivity (Wildman–Crippen MR) is 132 cm³/mol. The number of halogens is 1. The molecule has 0 saturated heterocycles. The Balaban J connectivity index is 1.42. The molecule has 8 heteroatoms. The minimum atomic E-state index is -3.66. The maximum atomic E-state index is 14.1. The van der Waals surface area contributed by atoms with Crippen molar-refractivity contribution < 1.29 is 22.3 Å². The molecule has 4 rings (SSSR count). The second-order valence-corrected chi connectivity index (χ2v) is 9.63. The van der Waals surface area contributed by atoms with E-state index in [2.05, 4.69) is 5.32 Å². The zero-order valence-electron chi connectivity index (χ0n) is 18.4. The lowest BCUT2D eigenvalue weighted by atomic mass is 10.1. The highest BCUT2D eigenvalue weighted by Gasteiger charge is 2.19. The molecule has 0 aromatic heterocycles. The summed E-state index contributed by atoms with van der Waals surface area (Å²) in [5.41, 5.74) is 1.32. The number of anilines is 2. The summed E-state index contributed by atoms with van der Waals surface area (Å²) in [5.74, 6) is -0.401. The molecule has 0 aliphatic rings.